The third-order valence-corrected chi connectivity index (χ3v) is 2.93. The van der Waals surface area contributed by atoms with Crippen molar-refractivity contribution in [3.63, 3.8) is 0 Å². The second-order valence-electron chi connectivity index (χ2n) is 4.95. The first kappa shape index (κ1) is 15.0. The molecule has 1 amide bonds. The van der Waals surface area contributed by atoms with Crippen molar-refractivity contribution >= 4 is 17.4 Å². The molecule has 5 nitrogen and oxygen atoms in total. The van der Waals surface area contributed by atoms with Crippen LogP contribution in [0.3, 0.4) is 0 Å². The summed E-state index contributed by atoms with van der Waals surface area (Å²) in [5.74, 6) is 0.582. The van der Waals surface area contributed by atoms with Gasteiger partial charge in [0.05, 0.1) is 0 Å². The molecule has 0 saturated carbocycles. The molecule has 2 rings (SSSR count). The van der Waals surface area contributed by atoms with Gasteiger partial charge in [-0.05, 0) is 44.5 Å². The largest absolute Gasteiger partial charge is 0.370 e. The number of rotatable bonds is 5. The summed E-state index contributed by atoms with van der Waals surface area (Å²) in [6.07, 6.45) is 2.68. The molecule has 0 spiro atoms. The number of hydrogen-bond acceptors (Lipinski definition) is 4. The van der Waals surface area contributed by atoms with Crippen LogP contribution in [0.2, 0.25) is 0 Å². The smallest absolute Gasteiger partial charge is 0.255 e. The van der Waals surface area contributed by atoms with Crippen LogP contribution in [0.5, 0.6) is 0 Å². The number of carbonyl (C=O) groups excluding carboxylic acids is 1. The zero-order valence-electron chi connectivity index (χ0n) is 12.6. The van der Waals surface area contributed by atoms with Crippen LogP contribution in [0, 0.1) is 13.8 Å². The van der Waals surface area contributed by atoms with Gasteiger partial charge in [-0.25, -0.2) is 4.98 Å². The van der Waals surface area contributed by atoms with E-state index in [1.165, 1.54) is 0 Å². The quantitative estimate of drug-likeness (QED) is 0.885. The van der Waals surface area contributed by atoms with E-state index >= 15 is 0 Å². The van der Waals surface area contributed by atoms with E-state index in [0.29, 0.717) is 5.56 Å². The number of aromatic nitrogens is 2. The summed E-state index contributed by atoms with van der Waals surface area (Å²) < 4.78 is 0. The zero-order chi connectivity index (χ0) is 15.2. The van der Waals surface area contributed by atoms with Crippen molar-refractivity contribution in [2.75, 3.05) is 17.2 Å². The average molecular weight is 284 g/mol. The minimum atomic E-state index is -0.148. The molecular formula is C16H20N4O. The highest BCUT2D eigenvalue weighted by Gasteiger charge is 2.09. The second-order valence-corrected chi connectivity index (χ2v) is 4.95. The van der Waals surface area contributed by atoms with Crippen LogP contribution in [0.4, 0.5) is 11.5 Å². The summed E-state index contributed by atoms with van der Waals surface area (Å²) in [7, 11) is 0. The van der Waals surface area contributed by atoms with Crippen LogP contribution in [0.1, 0.15) is 35.1 Å². The van der Waals surface area contributed by atoms with Crippen molar-refractivity contribution in [2.45, 2.75) is 27.2 Å². The lowest BCUT2D eigenvalue weighted by Gasteiger charge is -2.09. The third kappa shape index (κ3) is 4.27. The van der Waals surface area contributed by atoms with Gasteiger partial charge in [0.2, 0.25) is 0 Å². The number of anilines is 2. The molecule has 0 saturated heterocycles. The van der Waals surface area contributed by atoms with E-state index in [-0.39, 0.29) is 5.91 Å². The van der Waals surface area contributed by atoms with Crippen LogP contribution in [-0.2, 0) is 0 Å². The Morgan fingerprint density at radius 3 is 2.71 bits per heavy atom. The molecular weight excluding hydrogens is 264 g/mol. The van der Waals surface area contributed by atoms with Crippen molar-refractivity contribution in [3.8, 4) is 0 Å². The van der Waals surface area contributed by atoms with Crippen LogP contribution in [-0.4, -0.2) is 22.4 Å². The summed E-state index contributed by atoms with van der Waals surface area (Å²) >= 11 is 0. The van der Waals surface area contributed by atoms with E-state index < -0.39 is 0 Å². The molecule has 0 fully saturated rings. The van der Waals surface area contributed by atoms with Gasteiger partial charge >= 0.3 is 0 Å². The Morgan fingerprint density at radius 1 is 1.19 bits per heavy atom. The maximum atomic E-state index is 12.3. The summed E-state index contributed by atoms with van der Waals surface area (Å²) in [5, 5.41) is 6.08. The van der Waals surface area contributed by atoms with Crippen LogP contribution in [0.15, 0.2) is 30.5 Å². The van der Waals surface area contributed by atoms with E-state index in [0.717, 1.165) is 35.9 Å². The molecule has 0 atom stereocenters. The number of nitrogens with zero attached hydrogens (tertiary/aromatic N) is 2. The van der Waals surface area contributed by atoms with Gasteiger partial charge in [0, 0.05) is 35.4 Å². The molecule has 0 radical (unpaired) electrons. The van der Waals surface area contributed by atoms with Crippen molar-refractivity contribution in [3.05, 3.63) is 47.4 Å². The molecule has 0 aromatic carbocycles. The minimum absolute atomic E-state index is 0.148. The van der Waals surface area contributed by atoms with E-state index in [1.54, 1.807) is 24.4 Å². The van der Waals surface area contributed by atoms with E-state index in [9.17, 15) is 4.79 Å². The van der Waals surface area contributed by atoms with E-state index in [2.05, 4.69) is 27.5 Å². The maximum absolute atomic E-state index is 12.3. The van der Waals surface area contributed by atoms with Crippen LogP contribution < -0.4 is 10.6 Å². The SMILES string of the molecule is CCCNc1cc(C(=O)Nc2ccnc(C)c2)cc(C)n1. The molecule has 0 unspecified atom stereocenters. The Hall–Kier alpha value is -2.43. The van der Waals surface area contributed by atoms with Crippen molar-refractivity contribution in [2.24, 2.45) is 0 Å². The van der Waals surface area contributed by atoms with Gasteiger partial charge in [0.1, 0.15) is 5.82 Å². The number of pyridine rings is 2. The number of amides is 1. The lowest BCUT2D eigenvalue weighted by molar-refractivity contribution is 0.102. The third-order valence-electron chi connectivity index (χ3n) is 2.93. The molecule has 0 aliphatic rings. The normalized spacial score (nSPS) is 10.2. The molecule has 2 N–H and O–H groups in total. The molecule has 5 heteroatoms. The topological polar surface area (TPSA) is 66.9 Å². The first-order chi connectivity index (χ1) is 10.1. The predicted molar refractivity (Wildman–Crippen MR) is 84.7 cm³/mol. The highest BCUT2D eigenvalue weighted by molar-refractivity contribution is 6.04. The van der Waals surface area contributed by atoms with Crippen molar-refractivity contribution in [1.82, 2.24) is 9.97 Å². The fraction of sp³-hybridized carbons (Fsp3) is 0.312. The summed E-state index contributed by atoms with van der Waals surface area (Å²) in [6.45, 7) is 6.69. The van der Waals surface area contributed by atoms with Gasteiger partial charge in [-0.2, -0.15) is 0 Å². The minimum Gasteiger partial charge on any atom is -0.370 e. The highest BCUT2D eigenvalue weighted by atomic mass is 16.1. The monoisotopic (exact) mass is 284 g/mol. The summed E-state index contributed by atoms with van der Waals surface area (Å²) in [5.41, 5.74) is 3.01. The molecule has 2 aromatic rings. The molecule has 2 heterocycles. The van der Waals surface area contributed by atoms with E-state index in [1.807, 2.05) is 19.9 Å². The van der Waals surface area contributed by atoms with Crippen molar-refractivity contribution < 1.29 is 4.79 Å². The van der Waals surface area contributed by atoms with Gasteiger partial charge in [-0.3, -0.25) is 9.78 Å². The molecule has 110 valence electrons. The van der Waals surface area contributed by atoms with Gasteiger partial charge in [0.25, 0.3) is 5.91 Å². The maximum Gasteiger partial charge on any atom is 0.255 e. The van der Waals surface area contributed by atoms with E-state index in [4.69, 9.17) is 0 Å². The van der Waals surface area contributed by atoms with Crippen LogP contribution in [0.25, 0.3) is 0 Å². The highest BCUT2D eigenvalue weighted by Crippen LogP contribution is 2.14. The number of hydrogen-bond donors (Lipinski definition) is 2. The molecule has 21 heavy (non-hydrogen) atoms. The fourth-order valence-corrected chi connectivity index (χ4v) is 1.97. The van der Waals surface area contributed by atoms with Gasteiger partial charge in [-0.15, -0.1) is 0 Å². The molecule has 2 aromatic heterocycles. The Balaban J connectivity index is 2.16. The fourth-order valence-electron chi connectivity index (χ4n) is 1.97. The number of aryl methyl sites for hydroxylation is 2. The molecule has 0 bridgehead atoms. The average Bonchev–Trinajstić information content (AvgIpc) is 2.44. The van der Waals surface area contributed by atoms with Gasteiger partial charge in [-0.1, -0.05) is 6.92 Å². The standard InChI is InChI=1S/C16H20N4O/c1-4-6-18-15-10-13(8-12(3)19-15)16(21)20-14-5-7-17-11(2)9-14/h5,7-10H,4,6H2,1-3H3,(H,18,19)(H,17,20,21). The lowest BCUT2D eigenvalue weighted by atomic mass is 10.2. The van der Waals surface area contributed by atoms with Crippen LogP contribution >= 0.6 is 0 Å². The van der Waals surface area contributed by atoms with Gasteiger partial charge in [0.15, 0.2) is 0 Å². The first-order valence-electron chi connectivity index (χ1n) is 7.05. The Bertz CT molecular complexity index is 640. The Kier molecular flexibility index (Phi) is 4.87. The number of carbonyl (C=O) groups is 1. The number of nitrogens with one attached hydrogen (secondary N) is 2. The second kappa shape index (κ2) is 6.83. The van der Waals surface area contributed by atoms with Gasteiger partial charge < -0.3 is 10.6 Å². The summed E-state index contributed by atoms with van der Waals surface area (Å²) in [6, 6.07) is 7.16. The molecule has 0 aliphatic heterocycles. The zero-order valence-corrected chi connectivity index (χ0v) is 12.6. The Morgan fingerprint density at radius 2 is 2.00 bits per heavy atom. The summed E-state index contributed by atoms with van der Waals surface area (Å²) in [4.78, 5) is 20.8. The Labute approximate surface area is 124 Å². The predicted octanol–water partition coefficient (Wildman–Crippen LogP) is 3.17. The lowest BCUT2D eigenvalue weighted by Crippen LogP contribution is -2.14. The molecule has 0 aliphatic carbocycles. The van der Waals surface area contributed by atoms with Crippen molar-refractivity contribution in [1.29, 1.82) is 0 Å². The first-order valence-corrected chi connectivity index (χ1v) is 7.05.